The number of hydrogen-bond acceptors (Lipinski definition) is 4. The van der Waals surface area contributed by atoms with Gasteiger partial charge in [0.15, 0.2) is 0 Å². The van der Waals surface area contributed by atoms with Gasteiger partial charge in [-0.1, -0.05) is 0 Å². The number of ether oxygens (including phenoxy) is 1. The predicted molar refractivity (Wildman–Crippen MR) is 77.2 cm³/mol. The summed E-state index contributed by atoms with van der Waals surface area (Å²) in [5.74, 6) is 0.565. The van der Waals surface area contributed by atoms with E-state index in [2.05, 4.69) is 24.1 Å². The second-order valence-corrected chi connectivity index (χ2v) is 5.48. The zero-order valence-corrected chi connectivity index (χ0v) is 12.1. The molecule has 110 valence electrons. The minimum atomic E-state index is -0.109. The maximum Gasteiger partial charge on any atom is 0.244 e. The van der Waals surface area contributed by atoms with Crippen LogP contribution in [0.25, 0.3) is 6.08 Å². The van der Waals surface area contributed by atoms with Crippen LogP contribution in [0.3, 0.4) is 0 Å². The van der Waals surface area contributed by atoms with E-state index in [1.54, 1.807) is 24.5 Å². The van der Waals surface area contributed by atoms with Crippen LogP contribution in [0.2, 0.25) is 0 Å². The van der Waals surface area contributed by atoms with Gasteiger partial charge in [-0.05, 0) is 32.1 Å². The molecule has 1 aliphatic rings. The highest BCUT2D eigenvalue weighted by Crippen LogP contribution is 2.15. The highest BCUT2D eigenvalue weighted by Gasteiger charge is 2.28. The maximum absolute atomic E-state index is 11.8. The van der Waals surface area contributed by atoms with E-state index in [0.717, 1.165) is 26.3 Å². The number of carbonyl (C=O) groups excluding carboxylic acids is 1. The number of rotatable bonds is 5. The van der Waals surface area contributed by atoms with E-state index in [1.165, 1.54) is 6.08 Å². The molecule has 0 unspecified atom stereocenters. The first kappa shape index (κ1) is 14.8. The molecule has 1 saturated heterocycles. The average Bonchev–Trinajstić information content (AvgIpc) is 2.97. The standard InChI is InChI=1S/C15H22N2O3/c1-15(2,17-7-10-19-11-8-17)12-16-14(18)6-5-13-4-3-9-20-13/h3-6,9H,7-8,10-12H2,1-2H3,(H,16,18). The molecule has 0 spiro atoms. The normalized spacial score (nSPS) is 17.5. The molecule has 2 rings (SSSR count). The van der Waals surface area contributed by atoms with Crippen LogP contribution < -0.4 is 5.32 Å². The van der Waals surface area contributed by atoms with Crippen LogP contribution in [0.4, 0.5) is 0 Å². The van der Waals surface area contributed by atoms with Crippen LogP contribution in [0.1, 0.15) is 19.6 Å². The van der Waals surface area contributed by atoms with Gasteiger partial charge in [0.25, 0.3) is 0 Å². The molecule has 2 heterocycles. The van der Waals surface area contributed by atoms with Crippen LogP contribution >= 0.6 is 0 Å². The van der Waals surface area contributed by atoms with Crippen molar-refractivity contribution >= 4 is 12.0 Å². The van der Waals surface area contributed by atoms with E-state index in [9.17, 15) is 4.79 Å². The summed E-state index contributed by atoms with van der Waals surface area (Å²) in [5.41, 5.74) is -0.0715. The Morgan fingerprint density at radius 1 is 1.45 bits per heavy atom. The Kier molecular flexibility index (Phi) is 4.98. The van der Waals surface area contributed by atoms with E-state index in [0.29, 0.717) is 12.3 Å². The first-order chi connectivity index (χ1) is 9.58. The second kappa shape index (κ2) is 6.72. The molecule has 0 aliphatic carbocycles. The Morgan fingerprint density at radius 2 is 2.20 bits per heavy atom. The molecule has 5 heteroatoms. The van der Waals surface area contributed by atoms with Gasteiger partial charge in [-0.15, -0.1) is 0 Å². The Labute approximate surface area is 119 Å². The molecule has 5 nitrogen and oxygen atoms in total. The van der Waals surface area contributed by atoms with Crippen LogP contribution in [-0.4, -0.2) is 49.2 Å². The molecular weight excluding hydrogens is 256 g/mol. The fraction of sp³-hybridized carbons (Fsp3) is 0.533. The molecule has 1 fully saturated rings. The van der Waals surface area contributed by atoms with E-state index in [-0.39, 0.29) is 11.4 Å². The van der Waals surface area contributed by atoms with E-state index in [4.69, 9.17) is 9.15 Å². The predicted octanol–water partition coefficient (Wildman–Crippen LogP) is 1.52. The molecule has 0 aromatic carbocycles. The van der Waals surface area contributed by atoms with Crippen molar-refractivity contribution in [2.45, 2.75) is 19.4 Å². The van der Waals surface area contributed by atoms with Crippen molar-refractivity contribution in [2.75, 3.05) is 32.8 Å². The summed E-state index contributed by atoms with van der Waals surface area (Å²) < 4.78 is 10.5. The number of furan rings is 1. The van der Waals surface area contributed by atoms with Gasteiger partial charge in [0, 0.05) is 31.2 Å². The van der Waals surface area contributed by atoms with Gasteiger partial charge in [0.1, 0.15) is 5.76 Å². The Hall–Kier alpha value is -1.59. The minimum Gasteiger partial charge on any atom is -0.465 e. The third-order valence-corrected chi connectivity index (χ3v) is 3.50. The van der Waals surface area contributed by atoms with E-state index in [1.807, 2.05) is 0 Å². The smallest absolute Gasteiger partial charge is 0.244 e. The summed E-state index contributed by atoms with van der Waals surface area (Å²) in [7, 11) is 0. The molecular formula is C15H22N2O3. The Bertz CT molecular complexity index is 446. The topological polar surface area (TPSA) is 54.7 Å². The zero-order chi connectivity index (χ0) is 14.4. The molecule has 0 bridgehead atoms. The highest BCUT2D eigenvalue weighted by molar-refractivity contribution is 5.91. The summed E-state index contributed by atoms with van der Waals surface area (Å²) in [6.07, 6.45) is 4.74. The fourth-order valence-electron chi connectivity index (χ4n) is 2.19. The molecule has 0 radical (unpaired) electrons. The number of carbonyl (C=O) groups is 1. The van der Waals surface area contributed by atoms with Crippen molar-refractivity contribution in [1.29, 1.82) is 0 Å². The second-order valence-electron chi connectivity index (χ2n) is 5.48. The molecule has 1 amide bonds. The summed E-state index contributed by atoms with van der Waals surface area (Å²) in [4.78, 5) is 14.1. The third-order valence-electron chi connectivity index (χ3n) is 3.50. The quantitative estimate of drug-likeness (QED) is 0.830. The van der Waals surface area contributed by atoms with Crippen molar-refractivity contribution in [1.82, 2.24) is 10.2 Å². The Morgan fingerprint density at radius 3 is 2.85 bits per heavy atom. The average molecular weight is 278 g/mol. The van der Waals surface area contributed by atoms with Gasteiger partial charge in [-0.2, -0.15) is 0 Å². The number of morpholine rings is 1. The van der Waals surface area contributed by atoms with E-state index < -0.39 is 0 Å². The molecule has 1 aromatic heterocycles. The van der Waals surface area contributed by atoms with Gasteiger partial charge in [0.2, 0.25) is 5.91 Å². The highest BCUT2D eigenvalue weighted by atomic mass is 16.5. The SMILES string of the molecule is CC(C)(CNC(=O)C=Cc1ccco1)N1CCOCC1. The van der Waals surface area contributed by atoms with Gasteiger partial charge in [-0.25, -0.2) is 0 Å². The number of amides is 1. The lowest BCUT2D eigenvalue weighted by Gasteiger charge is -2.40. The number of nitrogens with one attached hydrogen (secondary N) is 1. The molecule has 0 saturated carbocycles. The monoisotopic (exact) mass is 278 g/mol. The number of nitrogens with zero attached hydrogens (tertiary/aromatic N) is 1. The van der Waals surface area contributed by atoms with Gasteiger partial charge >= 0.3 is 0 Å². The molecule has 20 heavy (non-hydrogen) atoms. The van der Waals surface area contributed by atoms with Gasteiger partial charge < -0.3 is 14.5 Å². The summed E-state index contributed by atoms with van der Waals surface area (Å²) >= 11 is 0. The summed E-state index contributed by atoms with van der Waals surface area (Å²) in [6, 6.07) is 3.60. The molecule has 1 aliphatic heterocycles. The van der Waals surface area contributed by atoms with Crippen molar-refractivity contribution in [3.8, 4) is 0 Å². The van der Waals surface area contributed by atoms with Crippen LogP contribution in [0.5, 0.6) is 0 Å². The lowest BCUT2D eigenvalue weighted by molar-refractivity contribution is -0.117. The first-order valence-electron chi connectivity index (χ1n) is 6.90. The largest absolute Gasteiger partial charge is 0.465 e. The molecule has 0 atom stereocenters. The first-order valence-corrected chi connectivity index (χ1v) is 6.90. The van der Waals surface area contributed by atoms with Crippen molar-refractivity contribution in [3.05, 3.63) is 30.2 Å². The Balaban J connectivity index is 1.79. The van der Waals surface area contributed by atoms with Crippen molar-refractivity contribution < 1.29 is 13.9 Å². The van der Waals surface area contributed by atoms with Crippen LogP contribution in [0, 0.1) is 0 Å². The molecule has 1 N–H and O–H groups in total. The van der Waals surface area contributed by atoms with Crippen molar-refractivity contribution in [2.24, 2.45) is 0 Å². The van der Waals surface area contributed by atoms with Gasteiger partial charge in [0.05, 0.1) is 19.5 Å². The third kappa shape index (κ3) is 4.21. The minimum absolute atomic E-state index is 0.0715. The number of hydrogen-bond donors (Lipinski definition) is 1. The zero-order valence-electron chi connectivity index (χ0n) is 12.1. The van der Waals surface area contributed by atoms with Crippen LogP contribution in [0.15, 0.2) is 28.9 Å². The summed E-state index contributed by atoms with van der Waals surface area (Å²) in [5, 5.41) is 2.93. The molecule has 1 aromatic rings. The fourth-order valence-corrected chi connectivity index (χ4v) is 2.19. The lowest BCUT2D eigenvalue weighted by atomic mass is 10.0. The lowest BCUT2D eigenvalue weighted by Crippen LogP contribution is -2.55. The van der Waals surface area contributed by atoms with Gasteiger partial charge in [-0.3, -0.25) is 9.69 Å². The van der Waals surface area contributed by atoms with Crippen LogP contribution in [-0.2, 0) is 9.53 Å². The van der Waals surface area contributed by atoms with E-state index >= 15 is 0 Å². The van der Waals surface area contributed by atoms with Crippen molar-refractivity contribution in [3.63, 3.8) is 0 Å². The summed E-state index contributed by atoms with van der Waals surface area (Å²) in [6.45, 7) is 8.21. The maximum atomic E-state index is 11.8.